The van der Waals surface area contributed by atoms with E-state index in [2.05, 4.69) is 21.2 Å². The fourth-order valence-electron chi connectivity index (χ4n) is 3.97. The Labute approximate surface area is 198 Å². The normalized spacial score (nSPS) is 14.3. The summed E-state index contributed by atoms with van der Waals surface area (Å²) >= 11 is 1.71. The molecule has 0 spiro atoms. The lowest BCUT2D eigenvalue weighted by Gasteiger charge is -2.34. The second-order valence-electron chi connectivity index (χ2n) is 7.66. The zero-order chi connectivity index (χ0) is 23.2. The Hall–Kier alpha value is -3.04. The summed E-state index contributed by atoms with van der Waals surface area (Å²) in [6.45, 7) is 7.63. The average molecular weight is 471 g/mol. The molecule has 0 aliphatic carbocycles. The van der Waals surface area contributed by atoms with Crippen molar-refractivity contribution in [2.45, 2.75) is 6.92 Å². The van der Waals surface area contributed by atoms with E-state index in [9.17, 15) is 4.79 Å². The number of carbonyl (C=O) groups is 1. The first-order valence-electron chi connectivity index (χ1n) is 11.1. The molecule has 1 amide bonds. The lowest BCUT2D eigenvalue weighted by atomic mass is 10.1. The first-order chi connectivity index (χ1) is 16.1. The van der Waals surface area contributed by atoms with Crippen molar-refractivity contribution in [3.05, 3.63) is 42.0 Å². The molecule has 2 aromatic carbocycles. The summed E-state index contributed by atoms with van der Waals surface area (Å²) < 4.78 is 17.5. The summed E-state index contributed by atoms with van der Waals surface area (Å²) in [6, 6.07) is 11.4. The van der Waals surface area contributed by atoms with Gasteiger partial charge in [-0.15, -0.1) is 0 Å². The van der Waals surface area contributed by atoms with Crippen molar-refractivity contribution in [1.29, 1.82) is 0 Å². The summed E-state index contributed by atoms with van der Waals surface area (Å²) in [4.78, 5) is 22.2. The molecule has 1 aromatic heterocycles. The van der Waals surface area contributed by atoms with Gasteiger partial charge in [0.25, 0.3) is 5.91 Å². The van der Waals surface area contributed by atoms with Crippen LogP contribution in [-0.4, -0.2) is 75.9 Å². The number of hydrogen-bond acceptors (Lipinski definition) is 8. The molecule has 176 valence electrons. The van der Waals surface area contributed by atoms with E-state index in [1.165, 1.54) is 7.11 Å². The maximum absolute atomic E-state index is 12.6. The van der Waals surface area contributed by atoms with Crippen molar-refractivity contribution < 1.29 is 19.0 Å². The summed E-state index contributed by atoms with van der Waals surface area (Å²) in [5.41, 5.74) is 1.42. The molecule has 1 aliphatic rings. The predicted octanol–water partition coefficient (Wildman–Crippen LogP) is 3.26. The number of anilines is 1. The number of aromatic nitrogens is 1. The molecule has 0 saturated carbocycles. The van der Waals surface area contributed by atoms with E-state index in [0.29, 0.717) is 30.2 Å². The Bertz CT molecular complexity index is 1100. The Balaban J connectivity index is 1.29. The quantitative estimate of drug-likeness (QED) is 0.514. The lowest BCUT2D eigenvalue weighted by Crippen LogP contribution is -2.48. The molecule has 0 unspecified atom stereocenters. The largest absolute Gasteiger partial charge is 0.493 e. The minimum Gasteiger partial charge on any atom is -0.493 e. The van der Waals surface area contributed by atoms with E-state index in [1.54, 1.807) is 36.6 Å². The minimum absolute atomic E-state index is 0.163. The number of nitrogens with one attached hydrogen (secondary N) is 1. The van der Waals surface area contributed by atoms with Crippen molar-refractivity contribution >= 4 is 32.6 Å². The van der Waals surface area contributed by atoms with Crippen LogP contribution in [0.4, 0.5) is 5.13 Å². The van der Waals surface area contributed by atoms with Gasteiger partial charge in [0.1, 0.15) is 11.3 Å². The molecular weight excluding hydrogens is 440 g/mol. The summed E-state index contributed by atoms with van der Waals surface area (Å²) in [5.74, 6) is 1.68. The zero-order valence-electron chi connectivity index (χ0n) is 19.3. The number of piperazine rings is 1. The number of thiazole rings is 1. The Morgan fingerprint density at radius 3 is 2.55 bits per heavy atom. The van der Waals surface area contributed by atoms with Crippen molar-refractivity contribution in [2.24, 2.45) is 0 Å². The number of amides is 1. The van der Waals surface area contributed by atoms with Gasteiger partial charge in [0.2, 0.25) is 0 Å². The molecule has 0 atom stereocenters. The smallest absolute Gasteiger partial charge is 0.255 e. The van der Waals surface area contributed by atoms with E-state index in [1.807, 2.05) is 19.1 Å². The lowest BCUT2D eigenvalue weighted by molar-refractivity contribution is 0.0944. The Kier molecular flexibility index (Phi) is 7.51. The SMILES string of the molecule is CCOc1cccc2sc(N3CCN(CCNC(=O)c4cccc(OC)c4OC)CC3)nc12. The number of nitrogens with zero attached hydrogens (tertiary/aromatic N) is 3. The van der Waals surface area contributed by atoms with Crippen molar-refractivity contribution in [3.8, 4) is 17.2 Å². The van der Waals surface area contributed by atoms with E-state index in [0.717, 1.165) is 53.8 Å². The van der Waals surface area contributed by atoms with E-state index >= 15 is 0 Å². The molecule has 9 heteroatoms. The highest BCUT2D eigenvalue weighted by atomic mass is 32.1. The Morgan fingerprint density at radius 1 is 1.06 bits per heavy atom. The number of carbonyl (C=O) groups excluding carboxylic acids is 1. The van der Waals surface area contributed by atoms with Crippen LogP contribution in [0.25, 0.3) is 10.2 Å². The molecule has 3 aromatic rings. The van der Waals surface area contributed by atoms with Gasteiger partial charge >= 0.3 is 0 Å². The van der Waals surface area contributed by atoms with Crippen LogP contribution in [0.15, 0.2) is 36.4 Å². The van der Waals surface area contributed by atoms with E-state index in [4.69, 9.17) is 19.2 Å². The molecule has 1 N–H and O–H groups in total. The van der Waals surface area contributed by atoms with Crippen LogP contribution >= 0.6 is 11.3 Å². The first-order valence-corrected chi connectivity index (χ1v) is 11.9. The second-order valence-corrected chi connectivity index (χ2v) is 8.67. The number of methoxy groups -OCH3 is 2. The third-order valence-electron chi connectivity index (χ3n) is 5.67. The highest BCUT2D eigenvalue weighted by Gasteiger charge is 2.21. The molecular formula is C24H30N4O4S. The third-order valence-corrected chi connectivity index (χ3v) is 6.76. The van der Waals surface area contributed by atoms with Crippen molar-refractivity contribution in [3.63, 3.8) is 0 Å². The molecule has 1 fully saturated rings. The Morgan fingerprint density at radius 2 is 1.82 bits per heavy atom. The number of benzene rings is 2. The molecule has 0 bridgehead atoms. The molecule has 33 heavy (non-hydrogen) atoms. The van der Waals surface area contributed by atoms with Crippen LogP contribution in [0.1, 0.15) is 17.3 Å². The van der Waals surface area contributed by atoms with Gasteiger partial charge in [-0.2, -0.15) is 0 Å². The molecule has 2 heterocycles. The van der Waals surface area contributed by atoms with Gasteiger partial charge in [-0.1, -0.05) is 23.5 Å². The number of para-hydroxylation sites is 2. The highest BCUT2D eigenvalue weighted by Crippen LogP contribution is 2.34. The maximum Gasteiger partial charge on any atom is 0.255 e. The van der Waals surface area contributed by atoms with Gasteiger partial charge in [0.05, 0.1) is 31.1 Å². The van der Waals surface area contributed by atoms with Crippen LogP contribution in [0.2, 0.25) is 0 Å². The van der Waals surface area contributed by atoms with E-state index in [-0.39, 0.29) is 5.91 Å². The van der Waals surface area contributed by atoms with Crippen molar-refractivity contribution in [1.82, 2.24) is 15.2 Å². The predicted molar refractivity (Wildman–Crippen MR) is 131 cm³/mol. The minimum atomic E-state index is -0.163. The second kappa shape index (κ2) is 10.7. The van der Waals surface area contributed by atoms with Gasteiger partial charge in [-0.25, -0.2) is 4.98 Å². The molecule has 8 nitrogen and oxygen atoms in total. The number of fused-ring (bicyclic) bond motifs is 1. The topological polar surface area (TPSA) is 76.2 Å². The number of ether oxygens (including phenoxy) is 3. The van der Waals surface area contributed by atoms with E-state index < -0.39 is 0 Å². The summed E-state index contributed by atoms with van der Waals surface area (Å²) in [6.07, 6.45) is 0. The standard InChI is InChI=1S/C24H30N4O4S/c1-4-32-18-8-6-10-20-21(18)26-24(33-20)28-15-13-27(14-16-28)12-11-25-23(29)17-7-5-9-19(30-2)22(17)31-3/h5-10H,4,11-16H2,1-3H3,(H,25,29). The number of hydrogen-bond donors (Lipinski definition) is 1. The maximum atomic E-state index is 12.6. The van der Waals surface area contributed by atoms with Crippen LogP contribution in [0.3, 0.4) is 0 Å². The number of rotatable bonds is 9. The van der Waals surface area contributed by atoms with Gasteiger partial charge in [0, 0.05) is 39.3 Å². The monoisotopic (exact) mass is 470 g/mol. The first kappa shape index (κ1) is 23.1. The van der Waals surface area contributed by atoms with Crippen LogP contribution in [0.5, 0.6) is 17.2 Å². The van der Waals surface area contributed by atoms with Crippen LogP contribution in [0, 0.1) is 0 Å². The third kappa shape index (κ3) is 5.15. The fourth-order valence-corrected chi connectivity index (χ4v) is 5.01. The highest BCUT2D eigenvalue weighted by molar-refractivity contribution is 7.22. The molecule has 1 saturated heterocycles. The van der Waals surface area contributed by atoms with Gasteiger partial charge in [-0.3, -0.25) is 9.69 Å². The molecule has 4 rings (SSSR count). The molecule has 1 aliphatic heterocycles. The summed E-state index contributed by atoms with van der Waals surface area (Å²) in [5, 5.41) is 4.03. The summed E-state index contributed by atoms with van der Waals surface area (Å²) in [7, 11) is 3.10. The van der Waals surface area contributed by atoms with Gasteiger partial charge < -0.3 is 24.4 Å². The zero-order valence-corrected chi connectivity index (χ0v) is 20.1. The van der Waals surface area contributed by atoms with Crippen molar-refractivity contribution in [2.75, 3.05) is 65.0 Å². The van der Waals surface area contributed by atoms with Gasteiger partial charge in [-0.05, 0) is 31.2 Å². The van der Waals surface area contributed by atoms with Crippen LogP contribution in [-0.2, 0) is 0 Å². The van der Waals surface area contributed by atoms with Crippen LogP contribution < -0.4 is 24.4 Å². The molecule has 0 radical (unpaired) electrons. The fraction of sp³-hybridized carbons (Fsp3) is 0.417. The van der Waals surface area contributed by atoms with Gasteiger partial charge in [0.15, 0.2) is 16.6 Å². The average Bonchev–Trinajstić information content (AvgIpc) is 3.29.